The summed E-state index contributed by atoms with van der Waals surface area (Å²) in [6.45, 7) is 1.66. The van der Waals surface area contributed by atoms with Crippen LogP contribution in [0.4, 0.5) is 49.1 Å². The molecule has 2 fully saturated rings. The second-order valence-electron chi connectivity index (χ2n) is 19.1. The van der Waals surface area contributed by atoms with Crippen molar-refractivity contribution in [3.63, 3.8) is 0 Å². The van der Waals surface area contributed by atoms with Crippen molar-refractivity contribution in [1.82, 2.24) is 9.44 Å². The van der Waals surface area contributed by atoms with Crippen molar-refractivity contribution in [2.75, 3.05) is 9.80 Å². The van der Waals surface area contributed by atoms with Crippen molar-refractivity contribution >= 4 is 70.9 Å². The third kappa shape index (κ3) is 14.9. The number of thiocarbonyl (C=S) groups is 1. The van der Waals surface area contributed by atoms with E-state index < -0.39 is 56.4 Å². The summed E-state index contributed by atoms with van der Waals surface area (Å²) < 4.78 is 140. The van der Waals surface area contributed by atoms with E-state index in [1.165, 1.54) is 11.1 Å². The van der Waals surface area contributed by atoms with Crippen molar-refractivity contribution in [2.24, 2.45) is 0 Å². The molecular formula is C56H57ClF6N4O7S3. The van der Waals surface area contributed by atoms with E-state index >= 15 is 0 Å². The highest BCUT2D eigenvalue weighted by Crippen LogP contribution is 2.43. The Morgan fingerprint density at radius 2 is 0.922 bits per heavy atom. The quantitative estimate of drug-likeness (QED) is 0.0691. The molecule has 3 N–H and O–H groups in total. The molecule has 0 bridgehead atoms. The number of hydrogen-bond acceptors (Lipinski definition) is 10. The van der Waals surface area contributed by atoms with Gasteiger partial charge in [-0.15, -0.1) is 26.3 Å². The van der Waals surface area contributed by atoms with E-state index in [2.05, 4.69) is 89.5 Å². The van der Waals surface area contributed by atoms with Crippen molar-refractivity contribution < 1.29 is 57.8 Å². The van der Waals surface area contributed by atoms with E-state index in [1.807, 2.05) is 48.5 Å². The number of hydrogen-bond donors (Lipinski definition) is 3. The van der Waals surface area contributed by atoms with Crippen LogP contribution in [-0.2, 0) is 45.7 Å². The van der Waals surface area contributed by atoms with Crippen LogP contribution in [0.5, 0.6) is 11.5 Å². The average Bonchev–Trinajstić information content (AvgIpc) is 3.73. The normalized spacial score (nSPS) is 20.4. The van der Waals surface area contributed by atoms with Gasteiger partial charge in [0.1, 0.15) is 11.5 Å². The maximum atomic E-state index is 13.1. The largest absolute Gasteiger partial charge is 0.573 e. The number of rotatable bonds is 10. The van der Waals surface area contributed by atoms with Crippen molar-refractivity contribution in [1.29, 1.82) is 0 Å². The molecule has 21 heteroatoms. The van der Waals surface area contributed by atoms with Crippen molar-refractivity contribution in [3.8, 4) is 11.5 Å². The summed E-state index contributed by atoms with van der Waals surface area (Å²) in [6.07, 6.45) is -2.21. The van der Waals surface area contributed by atoms with E-state index in [0.717, 1.165) is 121 Å². The molecule has 0 amide bonds. The molecular weight excluding hydrogens is 1090 g/mol. The third-order valence-electron chi connectivity index (χ3n) is 13.9. The lowest BCUT2D eigenvalue weighted by Crippen LogP contribution is -2.55. The third-order valence-corrected chi connectivity index (χ3v) is 16.9. The number of fused-ring (bicyclic) bond motifs is 4. The van der Waals surface area contributed by atoms with Gasteiger partial charge in [0, 0.05) is 34.8 Å². The lowest BCUT2D eigenvalue weighted by molar-refractivity contribution is -0.275. The Balaban J connectivity index is 0.000000191. The number of sulfonamides is 2. The molecule has 2 aliphatic heterocycles. The number of aliphatic hydroxyl groups excluding tert-OH is 1. The molecule has 77 heavy (non-hydrogen) atoms. The van der Waals surface area contributed by atoms with Crippen LogP contribution in [0.25, 0.3) is 0 Å². The fourth-order valence-electron chi connectivity index (χ4n) is 10.6. The minimum Gasteiger partial charge on any atom is -0.406 e. The number of nitrogens with zero attached hydrogens (tertiary/aromatic N) is 2. The van der Waals surface area contributed by atoms with Gasteiger partial charge >= 0.3 is 12.7 Å². The molecule has 410 valence electrons. The van der Waals surface area contributed by atoms with Gasteiger partial charge in [-0.2, -0.15) is 0 Å². The Hall–Kier alpha value is -5.74. The van der Waals surface area contributed by atoms with Crippen LogP contribution in [0.3, 0.4) is 0 Å². The predicted octanol–water partition coefficient (Wildman–Crippen LogP) is 12.8. The highest BCUT2D eigenvalue weighted by Gasteiger charge is 2.41. The minimum absolute atomic E-state index is 0.0930. The zero-order valence-electron chi connectivity index (χ0n) is 41.7. The minimum atomic E-state index is -4.87. The van der Waals surface area contributed by atoms with E-state index in [1.54, 1.807) is 6.92 Å². The molecule has 0 spiro atoms. The fraction of sp³-hybridized carbons (Fsp3) is 0.339. The van der Waals surface area contributed by atoms with E-state index in [4.69, 9.17) is 11.6 Å². The molecule has 10 rings (SSSR count). The molecule has 5 atom stereocenters. The number of aliphatic hydroxyl groups is 1. The Kier molecular flexibility index (Phi) is 18.3. The van der Waals surface area contributed by atoms with Crippen LogP contribution in [-0.4, -0.2) is 69.3 Å². The van der Waals surface area contributed by atoms with E-state index in [-0.39, 0.29) is 27.9 Å². The summed E-state index contributed by atoms with van der Waals surface area (Å²) in [5.74, 6) is -0.972. The van der Waals surface area contributed by atoms with Gasteiger partial charge in [0.2, 0.25) is 20.0 Å². The van der Waals surface area contributed by atoms with E-state index in [9.17, 15) is 48.3 Å². The Morgan fingerprint density at radius 1 is 0.558 bits per heavy atom. The second kappa shape index (κ2) is 24.5. The van der Waals surface area contributed by atoms with Crippen LogP contribution in [0, 0.1) is 0 Å². The van der Waals surface area contributed by atoms with Gasteiger partial charge < -0.3 is 24.4 Å². The number of benzene rings is 6. The highest BCUT2D eigenvalue weighted by molar-refractivity contribution is 7.89. The number of alkyl halides is 6. The molecule has 0 aromatic heterocycles. The summed E-state index contributed by atoms with van der Waals surface area (Å²) in [4.78, 5) is 4.22. The van der Waals surface area contributed by atoms with Gasteiger partial charge in [-0.05, 0) is 173 Å². The molecule has 4 aliphatic rings. The average molecular weight is 1140 g/mol. The molecule has 2 saturated carbocycles. The maximum absolute atomic E-state index is 13.1. The summed E-state index contributed by atoms with van der Waals surface area (Å²) in [5, 5.41) is 11.5. The number of halogens is 7. The zero-order valence-corrected chi connectivity index (χ0v) is 44.9. The molecule has 6 aromatic rings. The zero-order chi connectivity index (χ0) is 55.1. The number of nitrogens with one attached hydrogen (secondary N) is 2. The van der Waals surface area contributed by atoms with Crippen LogP contribution in [0.1, 0.15) is 74.1 Å². The molecule has 11 nitrogen and oxygen atoms in total. The molecule has 2 aliphatic carbocycles. The van der Waals surface area contributed by atoms with Crippen molar-refractivity contribution in [2.45, 2.75) is 130 Å². The topological polar surface area (TPSA) is 138 Å². The van der Waals surface area contributed by atoms with Crippen LogP contribution < -0.4 is 28.7 Å². The van der Waals surface area contributed by atoms with Crippen LogP contribution in [0.15, 0.2) is 155 Å². The maximum Gasteiger partial charge on any atom is 0.573 e. The monoisotopic (exact) mass is 1140 g/mol. The van der Waals surface area contributed by atoms with Gasteiger partial charge in [-0.1, -0.05) is 96.6 Å². The Bertz CT molecular complexity index is 3130. The first-order valence-corrected chi connectivity index (χ1v) is 28.8. The molecule has 0 radical (unpaired) electrons. The Morgan fingerprint density at radius 3 is 1.32 bits per heavy atom. The fourth-order valence-corrected chi connectivity index (χ4v) is 13.2. The van der Waals surface area contributed by atoms with Crippen LogP contribution >= 0.6 is 23.8 Å². The predicted molar refractivity (Wildman–Crippen MR) is 289 cm³/mol. The summed E-state index contributed by atoms with van der Waals surface area (Å²) in [5.41, 5.74) is 9.20. The smallest absolute Gasteiger partial charge is 0.406 e. The molecule has 0 saturated heterocycles. The highest BCUT2D eigenvalue weighted by atomic mass is 35.5. The lowest BCUT2D eigenvalue weighted by atomic mass is 9.86. The molecule has 2 heterocycles. The second-order valence-corrected chi connectivity index (χ2v) is 24.0. The number of para-hydroxylation sites is 4. The molecule has 2 unspecified atom stereocenters. The van der Waals surface area contributed by atoms with Gasteiger partial charge in [-0.25, -0.2) is 26.3 Å². The number of aryl methyl sites for hydroxylation is 4. The van der Waals surface area contributed by atoms with Crippen LogP contribution in [0.2, 0.25) is 0 Å². The summed E-state index contributed by atoms with van der Waals surface area (Å²) in [7, 11) is -8.01. The van der Waals surface area contributed by atoms with Gasteiger partial charge in [-0.3, -0.25) is 0 Å². The summed E-state index contributed by atoms with van der Waals surface area (Å²) >= 11 is 9.31. The van der Waals surface area contributed by atoms with Crippen molar-refractivity contribution in [3.05, 3.63) is 168 Å². The molecule has 6 aromatic carbocycles. The first-order valence-electron chi connectivity index (χ1n) is 25.1. The first kappa shape index (κ1) is 57.4. The standard InChI is InChI=1S/C27H27F3N2O4S.C27H27F3N2O3S.C2H3ClS/c28-27(29,30)36-20-14-16-21(17-15-20)37(34,35)31-22-8-5-11-25(26(22)33)32-23-9-3-1-6-18(23)12-13-19-7-2-4-10-24(19)32;28-27(29,30)35-23-14-16-24(17-15-23)36(33,34)31-21-8-5-9-22(18-21)32-25-10-3-1-6-19(25)12-13-20-7-2-4-11-26(20)32;1-2(3)4/h1-4,6-7,9-10,14-17,22,25-26,31,33H,5,8,11-13H2;1-4,6-7,10-11,14-17,21-22,31H,5,8-9,12-13,18H2;1H3/t22-,25?,26+;21-,22?;/m11./s1. The number of anilines is 4. The van der Waals surface area contributed by atoms with Gasteiger partial charge in [0.05, 0.1) is 32.3 Å². The Labute approximate surface area is 455 Å². The van der Waals surface area contributed by atoms with E-state index in [0.29, 0.717) is 36.4 Å². The number of ether oxygens (including phenoxy) is 2. The van der Waals surface area contributed by atoms with Gasteiger partial charge in [0.15, 0.2) is 0 Å². The SMILES string of the molecule is CC(=S)Cl.O=S(=O)(N[C@@H]1CCCC(N2c3ccccc3CCc3ccccc32)C1)c1ccc(OC(F)(F)F)cc1.O=S(=O)(N[C@@H]1CCCC(N2c3ccccc3CCc3ccccc32)[C@H]1O)c1ccc(OC(F)(F)F)cc1. The summed E-state index contributed by atoms with van der Waals surface area (Å²) in [6, 6.07) is 39.9. The first-order chi connectivity index (χ1) is 36.5. The van der Waals surface area contributed by atoms with Gasteiger partial charge in [0.25, 0.3) is 0 Å². The lowest BCUT2D eigenvalue weighted by Gasteiger charge is -2.43.